The van der Waals surface area contributed by atoms with Crippen LogP contribution in [-0.2, 0) is 0 Å². The maximum Gasteiger partial charge on any atom is 0.165 e. The molecule has 0 spiro atoms. The molecule has 0 fully saturated rings. The maximum absolute atomic E-state index is 5.31. The Hall–Kier alpha value is -6.01. The molecule has 0 bridgehead atoms. The summed E-state index contributed by atoms with van der Waals surface area (Å²) in [5.41, 5.74) is 7.48. The van der Waals surface area contributed by atoms with Crippen molar-refractivity contribution in [1.29, 1.82) is 0 Å². The van der Waals surface area contributed by atoms with E-state index in [0.717, 1.165) is 38.9 Å². The van der Waals surface area contributed by atoms with Crippen molar-refractivity contribution in [2.75, 3.05) is 0 Å². The Morgan fingerprint density at radius 3 is 1.54 bits per heavy atom. The highest BCUT2D eigenvalue weighted by atomic mass is 32.1. The number of fused-ring (bicyclic) bond motifs is 6. The number of benzene rings is 7. The van der Waals surface area contributed by atoms with Gasteiger partial charge in [-0.15, -0.1) is 22.7 Å². The predicted octanol–water partition coefficient (Wildman–Crippen LogP) is 12.9. The van der Waals surface area contributed by atoms with Gasteiger partial charge in [-0.3, -0.25) is 0 Å². The van der Waals surface area contributed by atoms with E-state index in [-0.39, 0.29) is 0 Å². The quantitative estimate of drug-likeness (QED) is 0.182. The van der Waals surface area contributed by atoms with Crippen molar-refractivity contribution in [3.8, 4) is 56.4 Å². The Labute approximate surface area is 296 Å². The molecule has 3 nitrogen and oxygen atoms in total. The molecule has 0 saturated heterocycles. The Morgan fingerprint density at radius 1 is 0.320 bits per heavy atom. The summed E-state index contributed by atoms with van der Waals surface area (Å²) in [7, 11) is 0. The summed E-state index contributed by atoms with van der Waals surface area (Å²) in [5.74, 6) is 1.99. The minimum atomic E-state index is 0.648. The average molecular weight is 674 g/mol. The highest BCUT2D eigenvalue weighted by molar-refractivity contribution is 7.26. The third kappa shape index (κ3) is 4.90. The molecule has 0 aliphatic rings. The number of thiophene rings is 2. The van der Waals surface area contributed by atoms with Crippen molar-refractivity contribution >= 4 is 63.0 Å². The van der Waals surface area contributed by atoms with Gasteiger partial charge < -0.3 is 0 Å². The normalized spacial score (nSPS) is 11.6. The molecule has 3 aromatic heterocycles. The van der Waals surface area contributed by atoms with Gasteiger partial charge in [0.2, 0.25) is 0 Å². The first kappa shape index (κ1) is 29.0. The molecule has 0 aliphatic carbocycles. The molecule has 0 radical (unpaired) electrons. The van der Waals surface area contributed by atoms with E-state index < -0.39 is 0 Å². The van der Waals surface area contributed by atoms with Crippen LogP contribution in [0.2, 0.25) is 0 Å². The molecular formula is C45H27N3S2. The van der Waals surface area contributed by atoms with Crippen LogP contribution >= 0.6 is 22.7 Å². The molecule has 5 heteroatoms. The second-order valence-corrected chi connectivity index (χ2v) is 14.5. The molecule has 7 aromatic carbocycles. The van der Waals surface area contributed by atoms with Crippen molar-refractivity contribution in [2.24, 2.45) is 0 Å². The fourth-order valence-corrected chi connectivity index (χ4v) is 9.33. The van der Waals surface area contributed by atoms with Crippen LogP contribution in [0, 0.1) is 0 Å². The summed E-state index contributed by atoms with van der Waals surface area (Å²) in [6, 6.07) is 57.9. The fraction of sp³-hybridized carbons (Fsp3) is 0. The van der Waals surface area contributed by atoms with Crippen molar-refractivity contribution in [1.82, 2.24) is 15.0 Å². The van der Waals surface area contributed by atoms with Crippen molar-refractivity contribution in [2.45, 2.75) is 0 Å². The average Bonchev–Trinajstić information content (AvgIpc) is 3.77. The lowest BCUT2D eigenvalue weighted by atomic mass is 9.96. The minimum Gasteiger partial charge on any atom is -0.208 e. The molecule has 0 saturated carbocycles. The van der Waals surface area contributed by atoms with Crippen LogP contribution in [0.5, 0.6) is 0 Å². The van der Waals surface area contributed by atoms with Gasteiger partial charge in [-0.25, -0.2) is 15.0 Å². The Bertz CT molecular complexity index is 2810. The summed E-state index contributed by atoms with van der Waals surface area (Å²) < 4.78 is 4.90. The van der Waals surface area contributed by atoms with Gasteiger partial charge in [0.15, 0.2) is 17.5 Å². The van der Waals surface area contributed by atoms with Gasteiger partial charge in [0, 0.05) is 57.0 Å². The zero-order valence-corrected chi connectivity index (χ0v) is 28.4. The van der Waals surface area contributed by atoms with E-state index in [9.17, 15) is 0 Å². The summed E-state index contributed by atoms with van der Waals surface area (Å²) in [4.78, 5) is 15.9. The van der Waals surface area contributed by atoms with Crippen LogP contribution in [0.1, 0.15) is 0 Å². The Kier molecular flexibility index (Phi) is 6.86. The van der Waals surface area contributed by atoms with Crippen LogP contribution in [0.15, 0.2) is 164 Å². The van der Waals surface area contributed by atoms with E-state index in [0.29, 0.717) is 17.5 Å². The molecule has 0 aliphatic heterocycles. The number of hydrogen-bond donors (Lipinski definition) is 0. The first-order chi connectivity index (χ1) is 24.8. The van der Waals surface area contributed by atoms with Crippen LogP contribution in [0.25, 0.3) is 96.8 Å². The molecule has 0 unspecified atom stereocenters. The second-order valence-electron chi connectivity index (χ2n) is 12.4. The summed E-state index contributed by atoms with van der Waals surface area (Å²) in [5, 5.41) is 4.87. The highest BCUT2D eigenvalue weighted by Crippen LogP contribution is 2.42. The molecule has 3 heterocycles. The summed E-state index contributed by atoms with van der Waals surface area (Å²) in [6.45, 7) is 0. The van der Waals surface area contributed by atoms with Crippen molar-refractivity contribution in [3.05, 3.63) is 164 Å². The zero-order valence-electron chi connectivity index (χ0n) is 26.7. The standard InChI is InChI=1S/C45H27N3S2/c1-3-13-28(14-4-1)30-25-31(29-15-5-2-6-16-29)27-32(26-30)43-46-44(36-20-12-24-40-41(36)35-18-8-10-23-39(35)49-40)48-45(47-43)37-21-11-19-34-33-17-7-9-22-38(33)50-42(34)37/h1-27H. The van der Waals surface area contributed by atoms with E-state index in [2.05, 4.69) is 164 Å². The van der Waals surface area contributed by atoms with E-state index in [4.69, 9.17) is 15.0 Å². The third-order valence-corrected chi connectivity index (χ3v) is 11.7. The second kappa shape index (κ2) is 11.8. The van der Waals surface area contributed by atoms with Gasteiger partial charge in [0.25, 0.3) is 0 Å². The number of aromatic nitrogens is 3. The lowest BCUT2D eigenvalue weighted by molar-refractivity contribution is 1.08. The van der Waals surface area contributed by atoms with Gasteiger partial charge in [-0.2, -0.15) is 0 Å². The molecule has 0 amide bonds. The monoisotopic (exact) mass is 673 g/mol. The van der Waals surface area contributed by atoms with Gasteiger partial charge in [0.1, 0.15) is 0 Å². The Morgan fingerprint density at radius 2 is 0.820 bits per heavy atom. The molecule has 234 valence electrons. The first-order valence-electron chi connectivity index (χ1n) is 16.6. The van der Waals surface area contributed by atoms with Crippen LogP contribution in [0.4, 0.5) is 0 Å². The molecular weight excluding hydrogens is 647 g/mol. The van der Waals surface area contributed by atoms with Crippen molar-refractivity contribution < 1.29 is 0 Å². The van der Waals surface area contributed by atoms with Gasteiger partial charge in [0.05, 0.1) is 0 Å². The van der Waals surface area contributed by atoms with E-state index in [1.165, 1.54) is 40.3 Å². The molecule has 0 N–H and O–H groups in total. The minimum absolute atomic E-state index is 0.648. The predicted molar refractivity (Wildman–Crippen MR) is 213 cm³/mol. The zero-order chi connectivity index (χ0) is 33.0. The number of nitrogens with zero attached hydrogens (tertiary/aromatic N) is 3. The van der Waals surface area contributed by atoms with Gasteiger partial charge in [-0.05, 0) is 64.7 Å². The fourth-order valence-electron chi connectivity index (χ4n) is 6.98. The Balaban J connectivity index is 1.27. The van der Waals surface area contributed by atoms with Crippen LogP contribution < -0.4 is 0 Å². The van der Waals surface area contributed by atoms with Gasteiger partial charge in [-0.1, -0.05) is 121 Å². The smallest absolute Gasteiger partial charge is 0.165 e. The summed E-state index contributed by atoms with van der Waals surface area (Å²) >= 11 is 3.60. The topological polar surface area (TPSA) is 38.7 Å². The molecule has 50 heavy (non-hydrogen) atoms. The largest absolute Gasteiger partial charge is 0.208 e. The third-order valence-electron chi connectivity index (χ3n) is 9.33. The van der Waals surface area contributed by atoms with Crippen LogP contribution in [-0.4, -0.2) is 15.0 Å². The van der Waals surface area contributed by atoms with Gasteiger partial charge >= 0.3 is 0 Å². The van der Waals surface area contributed by atoms with Crippen LogP contribution in [0.3, 0.4) is 0 Å². The molecule has 10 rings (SSSR count). The van der Waals surface area contributed by atoms with E-state index in [1.54, 1.807) is 22.7 Å². The van der Waals surface area contributed by atoms with Crippen molar-refractivity contribution in [3.63, 3.8) is 0 Å². The van der Waals surface area contributed by atoms with E-state index in [1.807, 2.05) is 0 Å². The lowest BCUT2D eigenvalue weighted by Crippen LogP contribution is -2.01. The maximum atomic E-state index is 5.31. The molecule has 10 aromatic rings. The van der Waals surface area contributed by atoms with E-state index >= 15 is 0 Å². The highest BCUT2D eigenvalue weighted by Gasteiger charge is 2.20. The lowest BCUT2D eigenvalue weighted by Gasteiger charge is -2.13. The number of rotatable bonds is 5. The molecule has 0 atom stereocenters. The SMILES string of the molecule is c1ccc(-c2cc(-c3ccccc3)cc(-c3nc(-c4cccc5c4sc4ccccc45)nc(-c4cccc5sc6ccccc6c45)n3)c2)cc1. The first-order valence-corrected chi connectivity index (χ1v) is 18.2. The number of hydrogen-bond acceptors (Lipinski definition) is 5. The summed E-state index contributed by atoms with van der Waals surface area (Å²) in [6.07, 6.45) is 0.